The van der Waals surface area contributed by atoms with Gasteiger partial charge in [0.1, 0.15) is 5.69 Å². The maximum Gasteiger partial charge on any atom is 0.265 e. The van der Waals surface area contributed by atoms with Crippen molar-refractivity contribution in [1.82, 2.24) is 15.3 Å². The minimum atomic E-state index is -0.710. The van der Waals surface area contributed by atoms with Crippen LogP contribution in [-0.2, 0) is 6.54 Å². The summed E-state index contributed by atoms with van der Waals surface area (Å²) in [6, 6.07) is 12.2. The lowest BCUT2D eigenvalue weighted by molar-refractivity contribution is 0.0995. The van der Waals surface area contributed by atoms with Crippen LogP contribution in [0.25, 0.3) is 22.2 Å². The van der Waals surface area contributed by atoms with Crippen LogP contribution in [0.2, 0.25) is 0 Å². The van der Waals surface area contributed by atoms with E-state index in [1.807, 2.05) is 18.2 Å². The topological polar surface area (TPSA) is 104 Å². The minimum absolute atomic E-state index is 0.0252. The first-order valence-corrected chi connectivity index (χ1v) is 7.36. The van der Waals surface area contributed by atoms with E-state index in [9.17, 15) is 9.59 Å². The van der Waals surface area contributed by atoms with Crippen molar-refractivity contribution in [3.63, 3.8) is 0 Å². The third-order valence-electron chi connectivity index (χ3n) is 3.64. The van der Waals surface area contributed by atoms with E-state index in [2.05, 4.69) is 34.3 Å². The largest absolute Gasteiger partial charge is 0.364 e. The Morgan fingerprint density at radius 1 is 1.30 bits per heavy atom. The number of carbonyl (C=O) groups is 1. The molecule has 0 spiro atoms. The zero-order chi connectivity index (χ0) is 16.4. The quantitative estimate of drug-likeness (QED) is 0.574. The fraction of sp³-hybridized carbons (Fsp3) is 0.176. The Labute approximate surface area is 132 Å². The molecule has 0 aliphatic heterocycles. The van der Waals surface area contributed by atoms with Crippen LogP contribution < -0.4 is 16.6 Å². The van der Waals surface area contributed by atoms with Crippen LogP contribution in [-0.4, -0.2) is 22.4 Å². The van der Waals surface area contributed by atoms with Gasteiger partial charge in [-0.1, -0.05) is 13.0 Å². The standard InChI is InChI=1S/C17H17N4O2/c1-2-19-9-10-3-5-13-11(7-10)8-15(20-13)12-4-6-14(16(18)22)21-17(12)23/h3-5,7-8,19-20H,2,9H2,1H3,(H2,18,22)(H,21,23). The number of carbonyl (C=O) groups excluding carboxylic acids is 1. The number of aromatic nitrogens is 2. The van der Waals surface area contributed by atoms with E-state index < -0.39 is 5.91 Å². The molecule has 0 fully saturated rings. The van der Waals surface area contributed by atoms with E-state index in [0.29, 0.717) is 11.3 Å². The van der Waals surface area contributed by atoms with Crippen molar-refractivity contribution in [3.05, 3.63) is 58.0 Å². The summed E-state index contributed by atoms with van der Waals surface area (Å²) in [5.41, 5.74) is 7.94. The number of amides is 1. The molecule has 0 saturated carbocycles. The number of rotatable bonds is 5. The molecule has 23 heavy (non-hydrogen) atoms. The number of benzene rings is 1. The van der Waals surface area contributed by atoms with Gasteiger partial charge in [0.25, 0.3) is 11.5 Å². The first-order chi connectivity index (χ1) is 11.1. The van der Waals surface area contributed by atoms with Gasteiger partial charge in [-0.05, 0) is 36.4 Å². The number of hydrogen-bond acceptors (Lipinski definition) is 3. The molecule has 2 aromatic heterocycles. The van der Waals surface area contributed by atoms with Gasteiger partial charge < -0.3 is 21.0 Å². The van der Waals surface area contributed by atoms with Gasteiger partial charge in [-0.25, -0.2) is 0 Å². The van der Waals surface area contributed by atoms with E-state index in [4.69, 9.17) is 5.73 Å². The van der Waals surface area contributed by atoms with Crippen LogP contribution in [0.4, 0.5) is 0 Å². The van der Waals surface area contributed by atoms with Crippen molar-refractivity contribution in [1.29, 1.82) is 0 Å². The van der Waals surface area contributed by atoms with Crippen LogP contribution in [0.3, 0.4) is 0 Å². The summed E-state index contributed by atoms with van der Waals surface area (Å²) in [5.74, 6) is -0.710. The molecule has 3 aromatic rings. The van der Waals surface area contributed by atoms with E-state index >= 15 is 0 Å². The maximum absolute atomic E-state index is 12.1. The normalized spacial score (nSPS) is 11.0. The van der Waals surface area contributed by atoms with E-state index in [1.54, 1.807) is 0 Å². The monoisotopic (exact) mass is 309 g/mol. The second kappa shape index (κ2) is 6.10. The number of hydrogen-bond donors (Lipinski definition) is 4. The molecule has 0 unspecified atom stereocenters. The molecule has 0 bridgehead atoms. The third-order valence-corrected chi connectivity index (χ3v) is 3.64. The Balaban J connectivity index is 2.00. The number of nitrogens with one attached hydrogen (secondary N) is 3. The summed E-state index contributed by atoms with van der Waals surface area (Å²) in [5, 5.41) is 4.30. The smallest absolute Gasteiger partial charge is 0.265 e. The third kappa shape index (κ3) is 3.02. The molecule has 1 amide bonds. The summed E-state index contributed by atoms with van der Waals surface area (Å²) >= 11 is 0. The van der Waals surface area contributed by atoms with Crippen molar-refractivity contribution < 1.29 is 4.79 Å². The van der Waals surface area contributed by atoms with Crippen molar-refractivity contribution in [2.24, 2.45) is 5.73 Å². The summed E-state index contributed by atoms with van der Waals surface area (Å²) < 4.78 is 0. The zero-order valence-corrected chi connectivity index (χ0v) is 12.7. The number of fused-ring (bicyclic) bond motifs is 1. The second-order valence-corrected chi connectivity index (χ2v) is 5.28. The Hall–Kier alpha value is -2.86. The van der Waals surface area contributed by atoms with E-state index in [1.165, 1.54) is 11.6 Å². The molecule has 0 aliphatic carbocycles. The number of nitrogens with two attached hydrogens (primary N) is 1. The average Bonchev–Trinajstić information content (AvgIpc) is 2.95. The predicted octanol–water partition coefficient (Wildman–Crippen LogP) is 1.53. The molecule has 117 valence electrons. The average molecular weight is 309 g/mol. The van der Waals surface area contributed by atoms with Crippen LogP contribution >= 0.6 is 0 Å². The van der Waals surface area contributed by atoms with Crippen molar-refractivity contribution in [3.8, 4) is 11.3 Å². The van der Waals surface area contributed by atoms with E-state index in [0.717, 1.165) is 24.0 Å². The SMILES string of the molecule is CCNCc1ccc2[nH]c(-c3c[c]c(C(N)=O)[nH]c3=O)cc2c1. The van der Waals surface area contributed by atoms with Gasteiger partial charge in [-0.3, -0.25) is 9.59 Å². The number of aromatic amines is 2. The first-order valence-electron chi connectivity index (χ1n) is 7.36. The van der Waals surface area contributed by atoms with Crippen LogP contribution in [0.15, 0.2) is 35.1 Å². The molecular formula is C17H17N4O2. The molecule has 5 N–H and O–H groups in total. The van der Waals surface area contributed by atoms with Gasteiger partial charge >= 0.3 is 0 Å². The zero-order valence-electron chi connectivity index (χ0n) is 12.7. The first kappa shape index (κ1) is 15.1. The van der Waals surface area contributed by atoms with Gasteiger partial charge in [0.05, 0.1) is 11.3 Å². The highest BCUT2D eigenvalue weighted by Gasteiger charge is 2.10. The minimum Gasteiger partial charge on any atom is -0.364 e. The number of primary amides is 1. The molecule has 1 aromatic carbocycles. The van der Waals surface area contributed by atoms with Crippen LogP contribution in [0, 0.1) is 6.07 Å². The predicted molar refractivity (Wildman–Crippen MR) is 89.1 cm³/mol. The summed E-state index contributed by atoms with van der Waals surface area (Å²) in [7, 11) is 0. The fourth-order valence-electron chi connectivity index (χ4n) is 2.47. The van der Waals surface area contributed by atoms with Crippen molar-refractivity contribution >= 4 is 16.8 Å². The molecule has 2 heterocycles. The lowest BCUT2D eigenvalue weighted by Crippen LogP contribution is -2.19. The van der Waals surface area contributed by atoms with Gasteiger partial charge in [-0.2, -0.15) is 0 Å². The summed E-state index contributed by atoms with van der Waals surface area (Å²) in [6.45, 7) is 3.77. The molecule has 6 heteroatoms. The Bertz CT molecular complexity index is 924. The molecule has 0 aliphatic rings. The van der Waals surface area contributed by atoms with Crippen molar-refractivity contribution in [2.75, 3.05) is 6.54 Å². The van der Waals surface area contributed by atoms with Crippen LogP contribution in [0.1, 0.15) is 23.0 Å². The molecular weight excluding hydrogens is 292 g/mol. The Morgan fingerprint density at radius 2 is 2.13 bits per heavy atom. The van der Waals surface area contributed by atoms with Gasteiger partial charge in [-0.15, -0.1) is 0 Å². The number of H-pyrrole nitrogens is 2. The van der Waals surface area contributed by atoms with Gasteiger partial charge in [0.15, 0.2) is 0 Å². The highest BCUT2D eigenvalue weighted by Crippen LogP contribution is 2.23. The lowest BCUT2D eigenvalue weighted by Gasteiger charge is -2.01. The highest BCUT2D eigenvalue weighted by molar-refractivity contribution is 5.91. The highest BCUT2D eigenvalue weighted by atomic mass is 16.1. The molecule has 3 rings (SSSR count). The molecule has 1 radical (unpaired) electrons. The van der Waals surface area contributed by atoms with Crippen molar-refractivity contribution in [2.45, 2.75) is 13.5 Å². The second-order valence-electron chi connectivity index (χ2n) is 5.28. The van der Waals surface area contributed by atoms with Gasteiger partial charge in [0, 0.05) is 23.5 Å². The van der Waals surface area contributed by atoms with Gasteiger partial charge in [0.2, 0.25) is 0 Å². The molecule has 6 nitrogen and oxygen atoms in total. The summed E-state index contributed by atoms with van der Waals surface area (Å²) in [6.07, 6.45) is 0. The lowest BCUT2D eigenvalue weighted by atomic mass is 10.1. The summed E-state index contributed by atoms with van der Waals surface area (Å²) in [4.78, 5) is 28.8. The number of pyridine rings is 1. The fourth-order valence-corrected chi connectivity index (χ4v) is 2.47. The van der Waals surface area contributed by atoms with E-state index in [-0.39, 0.29) is 11.3 Å². The Kier molecular flexibility index (Phi) is 3.99. The van der Waals surface area contributed by atoms with Crippen LogP contribution in [0.5, 0.6) is 0 Å². The molecule has 0 saturated heterocycles. The maximum atomic E-state index is 12.1. The molecule has 0 atom stereocenters. The Morgan fingerprint density at radius 3 is 2.83 bits per heavy atom.